The first-order chi connectivity index (χ1) is 14.7. The second kappa shape index (κ2) is 9.90. The van der Waals surface area contributed by atoms with Crippen LogP contribution in [0.15, 0.2) is 35.3 Å². The number of benzene rings is 1. The number of aryl methyl sites for hydroxylation is 2. The number of nitrogens with one attached hydrogen (secondary N) is 1. The average Bonchev–Trinajstić information content (AvgIpc) is 3.35. The standard InChI is InChI=1S/C23H33N5OS/c1-4-19-17(2)30-22(26-19)10-11-25-23(24-3)28-15-20-21(16-28)29-13-12-27(20)14-18-8-6-5-7-9-18/h5-9,20-21H,4,10-16H2,1-3H3,(H,24,25). The number of guanidine groups is 1. The summed E-state index contributed by atoms with van der Waals surface area (Å²) in [5, 5.41) is 4.76. The summed E-state index contributed by atoms with van der Waals surface area (Å²) >= 11 is 1.82. The maximum Gasteiger partial charge on any atom is 0.193 e. The van der Waals surface area contributed by atoms with Gasteiger partial charge in [0.2, 0.25) is 0 Å². The van der Waals surface area contributed by atoms with Gasteiger partial charge in [0, 0.05) is 51.1 Å². The number of aliphatic imine (C=N–C) groups is 1. The normalized spacial score (nSPS) is 22.4. The van der Waals surface area contributed by atoms with Gasteiger partial charge in [-0.25, -0.2) is 4.98 Å². The molecule has 6 nitrogen and oxygen atoms in total. The third-order valence-electron chi connectivity index (χ3n) is 6.05. The summed E-state index contributed by atoms with van der Waals surface area (Å²) in [7, 11) is 1.87. The van der Waals surface area contributed by atoms with Gasteiger partial charge in [-0.2, -0.15) is 0 Å². The van der Waals surface area contributed by atoms with Crippen LogP contribution in [0.5, 0.6) is 0 Å². The lowest BCUT2D eigenvalue weighted by Crippen LogP contribution is -2.50. The molecule has 1 aromatic heterocycles. The average molecular weight is 428 g/mol. The van der Waals surface area contributed by atoms with Crippen LogP contribution in [0, 0.1) is 6.92 Å². The van der Waals surface area contributed by atoms with Crippen LogP contribution in [0.2, 0.25) is 0 Å². The molecule has 0 aliphatic carbocycles. The number of likely N-dealkylation sites (tertiary alicyclic amines) is 1. The molecular formula is C23H33N5OS. The Morgan fingerprint density at radius 3 is 2.87 bits per heavy atom. The number of aromatic nitrogens is 1. The van der Waals surface area contributed by atoms with Gasteiger partial charge in [0.25, 0.3) is 0 Å². The number of rotatable bonds is 6. The van der Waals surface area contributed by atoms with Crippen molar-refractivity contribution >= 4 is 17.3 Å². The minimum absolute atomic E-state index is 0.245. The Morgan fingerprint density at radius 2 is 2.13 bits per heavy atom. The Bertz CT molecular complexity index is 853. The van der Waals surface area contributed by atoms with E-state index in [-0.39, 0.29) is 6.10 Å². The highest BCUT2D eigenvalue weighted by Crippen LogP contribution is 2.25. The molecule has 2 aromatic rings. The molecule has 2 fully saturated rings. The summed E-state index contributed by atoms with van der Waals surface area (Å²) in [5.74, 6) is 0.969. The largest absolute Gasteiger partial charge is 0.373 e. The summed E-state index contributed by atoms with van der Waals surface area (Å²) in [4.78, 5) is 15.6. The molecule has 0 bridgehead atoms. The highest BCUT2D eigenvalue weighted by atomic mass is 32.1. The Morgan fingerprint density at radius 1 is 1.30 bits per heavy atom. The van der Waals surface area contributed by atoms with E-state index in [0.717, 1.165) is 58.1 Å². The van der Waals surface area contributed by atoms with Gasteiger partial charge in [0.15, 0.2) is 5.96 Å². The minimum Gasteiger partial charge on any atom is -0.373 e. The molecule has 30 heavy (non-hydrogen) atoms. The molecule has 0 radical (unpaired) electrons. The van der Waals surface area contributed by atoms with E-state index < -0.39 is 0 Å². The van der Waals surface area contributed by atoms with Gasteiger partial charge in [0.05, 0.1) is 29.5 Å². The van der Waals surface area contributed by atoms with Crippen molar-refractivity contribution < 1.29 is 4.74 Å². The van der Waals surface area contributed by atoms with Crippen LogP contribution in [-0.2, 0) is 24.1 Å². The summed E-state index contributed by atoms with van der Waals surface area (Å²) in [6.45, 7) is 9.80. The molecule has 162 valence electrons. The van der Waals surface area contributed by atoms with Crippen LogP contribution in [0.25, 0.3) is 0 Å². The van der Waals surface area contributed by atoms with Gasteiger partial charge in [-0.05, 0) is 18.9 Å². The van der Waals surface area contributed by atoms with Gasteiger partial charge in [-0.3, -0.25) is 9.89 Å². The topological polar surface area (TPSA) is 53.0 Å². The molecule has 1 N–H and O–H groups in total. The smallest absolute Gasteiger partial charge is 0.193 e. The molecule has 4 rings (SSSR count). The monoisotopic (exact) mass is 427 g/mol. The van der Waals surface area contributed by atoms with E-state index in [4.69, 9.17) is 9.72 Å². The number of fused-ring (bicyclic) bond motifs is 1. The van der Waals surface area contributed by atoms with Crippen LogP contribution in [-0.4, -0.2) is 72.7 Å². The zero-order valence-electron chi connectivity index (χ0n) is 18.3. The summed E-state index contributed by atoms with van der Waals surface area (Å²) < 4.78 is 6.12. The van der Waals surface area contributed by atoms with E-state index in [2.05, 4.69) is 64.3 Å². The molecule has 3 heterocycles. The van der Waals surface area contributed by atoms with Gasteiger partial charge in [-0.1, -0.05) is 37.3 Å². The van der Waals surface area contributed by atoms with E-state index in [0.29, 0.717) is 6.04 Å². The Hall–Kier alpha value is -1.96. The summed E-state index contributed by atoms with van der Waals surface area (Å²) in [5.41, 5.74) is 2.60. The molecule has 2 unspecified atom stereocenters. The molecule has 2 aliphatic heterocycles. The second-order valence-electron chi connectivity index (χ2n) is 8.03. The number of hydrogen-bond donors (Lipinski definition) is 1. The molecule has 2 aliphatic rings. The zero-order chi connectivity index (χ0) is 20.9. The fourth-order valence-electron chi connectivity index (χ4n) is 4.48. The van der Waals surface area contributed by atoms with Gasteiger partial charge in [0.1, 0.15) is 0 Å². The zero-order valence-corrected chi connectivity index (χ0v) is 19.1. The predicted molar refractivity (Wildman–Crippen MR) is 123 cm³/mol. The molecule has 0 saturated carbocycles. The molecule has 0 amide bonds. The van der Waals surface area contributed by atoms with Crippen LogP contribution < -0.4 is 5.32 Å². The maximum absolute atomic E-state index is 6.12. The van der Waals surface area contributed by atoms with E-state index in [1.165, 1.54) is 21.1 Å². The van der Waals surface area contributed by atoms with Gasteiger partial charge < -0.3 is 15.0 Å². The lowest BCUT2D eigenvalue weighted by atomic mass is 10.1. The van der Waals surface area contributed by atoms with Gasteiger partial charge >= 0.3 is 0 Å². The van der Waals surface area contributed by atoms with Crippen molar-refractivity contribution in [1.82, 2.24) is 20.1 Å². The van der Waals surface area contributed by atoms with Crippen molar-refractivity contribution in [3.63, 3.8) is 0 Å². The van der Waals surface area contributed by atoms with Crippen LogP contribution >= 0.6 is 11.3 Å². The van der Waals surface area contributed by atoms with Crippen molar-refractivity contribution in [2.24, 2.45) is 4.99 Å². The van der Waals surface area contributed by atoms with Crippen molar-refractivity contribution in [2.45, 2.75) is 45.4 Å². The van der Waals surface area contributed by atoms with Crippen LogP contribution in [0.4, 0.5) is 0 Å². The Kier molecular flexibility index (Phi) is 7.02. The summed E-state index contributed by atoms with van der Waals surface area (Å²) in [6, 6.07) is 11.1. The summed E-state index contributed by atoms with van der Waals surface area (Å²) in [6.07, 6.45) is 2.18. The van der Waals surface area contributed by atoms with E-state index in [1.54, 1.807) is 0 Å². The highest BCUT2D eigenvalue weighted by molar-refractivity contribution is 7.11. The predicted octanol–water partition coefficient (Wildman–Crippen LogP) is 2.72. The van der Waals surface area contributed by atoms with E-state index in [1.807, 2.05) is 18.4 Å². The molecule has 2 atom stereocenters. The number of ether oxygens (including phenoxy) is 1. The SMILES string of the molecule is CCc1nc(CCNC(=NC)N2CC3OCCN(Cc4ccccc4)C3C2)sc1C. The van der Waals surface area contributed by atoms with E-state index >= 15 is 0 Å². The maximum atomic E-state index is 6.12. The van der Waals surface area contributed by atoms with E-state index in [9.17, 15) is 0 Å². The fourth-order valence-corrected chi connectivity index (χ4v) is 5.50. The molecule has 2 saturated heterocycles. The quantitative estimate of drug-likeness (QED) is 0.568. The molecule has 7 heteroatoms. The van der Waals surface area contributed by atoms with Crippen molar-refractivity contribution in [3.05, 3.63) is 51.5 Å². The Labute approximate surface area is 184 Å². The Balaban J connectivity index is 1.33. The molecular weight excluding hydrogens is 394 g/mol. The first-order valence-corrected chi connectivity index (χ1v) is 11.8. The first kappa shape index (κ1) is 21.3. The number of thiazole rings is 1. The van der Waals surface area contributed by atoms with Crippen molar-refractivity contribution in [3.8, 4) is 0 Å². The van der Waals surface area contributed by atoms with Crippen LogP contribution in [0.3, 0.4) is 0 Å². The minimum atomic E-state index is 0.245. The molecule has 0 spiro atoms. The number of nitrogens with zero attached hydrogens (tertiary/aromatic N) is 4. The highest BCUT2D eigenvalue weighted by Gasteiger charge is 2.41. The number of morpholine rings is 1. The first-order valence-electron chi connectivity index (χ1n) is 11.0. The second-order valence-corrected chi connectivity index (χ2v) is 9.31. The molecule has 1 aromatic carbocycles. The van der Waals surface area contributed by atoms with Gasteiger partial charge in [-0.15, -0.1) is 11.3 Å². The third-order valence-corrected chi connectivity index (χ3v) is 7.12. The third kappa shape index (κ3) is 4.85. The van der Waals surface area contributed by atoms with Crippen molar-refractivity contribution in [2.75, 3.05) is 39.8 Å². The lowest BCUT2D eigenvalue weighted by Gasteiger charge is -2.36. The fraction of sp³-hybridized carbons (Fsp3) is 0.565. The van der Waals surface area contributed by atoms with Crippen molar-refractivity contribution in [1.29, 1.82) is 0 Å². The number of hydrogen-bond acceptors (Lipinski definition) is 5. The van der Waals surface area contributed by atoms with Crippen LogP contribution in [0.1, 0.15) is 28.1 Å². The lowest BCUT2D eigenvalue weighted by molar-refractivity contribution is -0.0502.